The molecule has 0 aliphatic carbocycles. The summed E-state index contributed by atoms with van der Waals surface area (Å²) >= 11 is 0. The first-order chi connectivity index (χ1) is 7.17. The second-order valence-electron chi connectivity index (χ2n) is 3.28. The molecule has 4 nitrogen and oxygen atoms in total. The Bertz CT molecular complexity index is 339. The van der Waals surface area contributed by atoms with Crippen LogP contribution < -0.4 is 10.5 Å². The van der Waals surface area contributed by atoms with E-state index in [1.165, 1.54) is 0 Å². The van der Waals surface area contributed by atoms with Gasteiger partial charge in [0.05, 0.1) is 6.61 Å². The van der Waals surface area contributed by atoms with Crippen molar-refractivity contribution in [3.05, 3.63) is 29.8 Å². The van der Waals surface area contributed by atoms with Gasteiger partial charge in [-0.15, -0.1) is 0 Å². The van der Waals surface area contributed by atoms with Crippen LogP contribution in [0.25, 0.3) is 0 Å². The molecule has 0 amide bonds. The first kappa shape index (κ1) is 11.5. The van der Waals surface area contributed by atoms with E-state index >= 15 is 0 Å². The monoisotopic (exact) mass is 208 g/mol. The molecule has 0 aliphatic rings. The standard InChI is InChI=1S/C11H16N2O2/c1-2-10(11(12)13)15-9-5-3-4-8(6-9)7-14/h3-6,10,14H,2,7H2,1H3,(H3,12,13). The lowest BCUT2D eigenvalue weighted by atomic mass is 10.2. The molecule has 1 atom stereocenters. The van der Waals surface area contributed by atoms with E-state index in [9.17, 15) is 0 Å². The Morgan fingerprint density at radius 2 is 2.33 bits per heavy atom. The minimum Gasteiger partial charge on any atom is -0.483 e. The predicted octanol–water partition coefficient (Wildman–Crippen LogP) is 1.27. The van der Waals surface area contributed by atoms with E-state index in [-0.39, 0.29) is 18.5 Å². The summed E-state index contributed by atoms with van der Waals surface area (Å²) < 4.78 is 5.51. The van der Waals surface area contributed by atoms with Gasteiger partial charge in [0.1, 0.15) is 11.6 Å². The molecule has 15 heavy (non-hydrogen) atoms. The van der Waals surface area contributed by atoms with Crippen LogP contribution in [0.2, 0.25) is 0 Å². The highest BCUT2D eigenvalue weighted by Gasteiger charge is 2.11. The summed E-state index contributed by atoms with van der Waals surface area (Å²) in [4.78, 5) is 0. The Balaban J connectivity index is 2.74. The van der Waals surface area contributed by atoms with Gasteiger partial charge >= 0.3 is 0 Å². The molecule has 0 spiro atoms. The number of hydrogen-bond donors (Lipinski definition) is 3. The lowest BCUT2D eigenvalue weighted by molar-refractivity contribution is 0.256. The molecule has 0 bridgehead atoms. The van der Waals surface area contributed by atoms with E-state index in [1.807, 2.05) is 13.0 Å². The number of hydrogen-bond acceptors (Lipinski definition) is 3. The summed E-state index contributed by atoms with van der Waals surface area (Å²) in [6, 6.07) is 7.13. The number of amidine groups is 1. The maximum Gasteiger partial charge on any atom is 0.155 e. The Morgan fingerprint density at radius 1 is 1.60 bits per heavy atom. The Kier molecular flexibility index (Phi) is 4.12. The molecular formula is C11H16N2O2. The molecule has 0 aliphatic heterocycles. The summed E-state index contributed by atoms with van der Waals surface area (Å²) in [6.07, 6.45) is 0.262. The highest BCUT2D eigenvalue weighted by molar-refractivity contribution is 5.81. The van der Waals surface area contributed by atoms with E-state index in [0.29, 0.717) is 12.2 Å². The van der Waals surface area contributed by atoms with Crippen LogP contribution in [0.5, 0.6) is 5.75 Å². The number of nitrogens with one attached hydrogen (secondary N) is 1. The number of rotatable bonds is 5. The average molecular weight is 208 g/mol. The topological polar surface area (TPSA) is 79.3 Å². The highest BCUT2D eigenvalue weighted by atomic mass is 16.5. The van der Waals surface area contributed by atoms with Gasteiger partial charge in [-0.2, -0.15) is 0 Å². The number of ether oxygens (including phenoxy) is 1. The maximum atomic E-state index is 8.94. The molecule has 4 heteroatoms. The molecule has 0 radical (unpaired) electrons. The minimum absolute atomic E-state index is 0.0198. The van der Waals surface area contributed by atoms with E-state index in [2.05, 4.69) is 0 Å². The molecular weight excluding hydrogens is 192 g/mol. The van der Waals surface area contributed by atoms with Crippen molar-refractivity contribution in [2.75, 3.05) is 0 Å². The zero-order valence-electron chi connectivity index (χ0n) is 8.73. The average Bonchev–Trinajstić information content (AvgIpc) is 2.25. The molecule has 0 aromatic heterocycles. The second kappa shape index (κ2) is 5.36. The summed E-state index contributed by atoms with van der Waals surface area (Å²) in [5.41, 5.74) is 6.16. The van der Waals surface area contributed by atoms with Crippen molar-refractivity contribution in [3.63, 3.8) is 0 Å². The molecule has 82 valence electrons. The van der Waals surface area contributed by atoms with Crippen LogP contribution in [0.3, 0.4) is 0 Å². The largest absolute Gasteiger partial charge is 0.483 e. The van der Waals surface area contributed by atoms with E-state index < -0.39 is 0 Å². The third-order valence-electron chi connectivity index (χ3n) is 2.08. The van der Waals surface area contributed by atoms with Crippen LogP contribution in [0.15, 0.2) is 24.3 Å². The number of aliphatic hydroxyl groups excluding tert-OH is 1. The molecule has 1 unspecified atom stereocenters. The fourth-order valence-electron chi connectivity index (χ4n) is 1.25. The SMILES string of the molecule is CCC(Oc1cccc(CO)c1)C(=N)N. The molecule has 1 aromatic carbocycles. The number of aliphatic hydroxyl groups is 1. The van der Waals surface area contributed by atoms with Crippen molar-refractivity contribution in [1.82, 2.24) is 0 Å². The molecule has 1 aromatic rings. The quantitative estimate of drug-likeness (QED) is 0.503. The summed E-state index contributed by atoms with van der Waals surface area (Å²) in [5.74, 6) is 0.649. The van der Waals surface area contributed by atoms with Crippen molar-refractivity contribution < 1.29 is 9.84 Å². The van der Waals surface area contributed by atoms with Crippen molar-refractivity contribution in [2.45, 2.75) is 26.1 Å². The van der Waals surface area contributed by atoms with Crippen LogP contribution in [0.4, 0.5) is 0 Å². The van der Waals surface area contributed by atoms with Gasteiger partial charge in [-0.05, 0) is 24.1 Å². The van der Waals surface area contributed by atoms with Gasteiger partial charge < -0.3 is 15.6 Å². The molecule has 4 N–H and O–H groups in total. The third kappa shape index (κ3) is 3.25. The van der Waals surface area contributed by atoms with Crippen molar-refractivity contribution in [1.29, 1.82) is 5.41 Å². The van der Waals surface area contributed by atoms with Crippen molar-refractivity contribution in [2.24, 2.45) is 5.73 Å². The molecule has 0 heterocycles. The first-order valence-electron chi connectivity index (χ1n) is 4.87. The van der Waals surface area contributed by atoms with Gasteiger partial charge in [-0.1, -0.05) is 19.1 Å². The van der Waals surface area contributed by atoms with Crippen LogP contribution in [-0.4, -0.2) is 17.0 Å². The van der Waals surface area contributed by atoms with Crippen LogP contribution in [0.1, 0.15) is 18.9 Å². The second-order valence-corrected chi connectivity index (χ2v) is 3.28. The van der Waals surface area contributed by atoms with Crippen molar-refractivity contribution in [3.8, 4) is 5.75 Å². The molecule has 0 fully saturated rings. The van der Waals surface area contributed by atoms with Gasteiger partial charge in [-0.25, -0.2) is 0 Å². The normalized spacial score (nSPS) is 12.1. The number of benzene rings is 1. The Labute approximate surface area is 89.2 Å². The highest BCUT2D eigenvalue weighted by Crippen LogP contribution is 2.15. The summed E-state index contributed by atoms with van der Waals surface area (Å²) in [5, 5.41) is 16.2. The summed E-state index contributed by atoms with van der Waals surface area (Å²) in [7, 11) is 0. The number of nitrogens with two attached hydrogens (primary N) is 1. The predicted molar refractivity (Wildman–Crippen MR) is 59.0 cm³/mol. The molecule has 0 saturated heterocycles. The lowest BCUT2D eigenvalue weighted by Gasteiger charge is -2.16. The fraction of sp³-hybridized carbons (Fsp3) is 0.364. The Hall–Kier alpha value is -1.55. The summed E-state index contributed by atoms with van der Waals surface area (Å²) in [6.45, 7) is 1.88. The zero-order valence-corrected chi connectivity index (χ0v) is 8.73. The van der Waals surface area contributed by atoms with Gasteiger partial charge in [-0.3, -0.25) is 5.41 Å². The van der Waals surface area contributed by atoms with E-state index in [1.54, 1.807) is 18.2 Å². The first-order valence-corrected chi connectivity index (χ1v) is 4.87. The van der Waals surface area contributed by atoms with Gasteiger partial charge in [0.15, 0.2) is 6.10 Å². The fourth-order valence-corrected chi connectivity index (χ4v) is 1.25. The van der Waals surface area contributed by atoms with E-state index in [0.717, 1.165) is 5.56 Å². The van der Waals surface area contributed by atoms with Gasteiger partial charge in [0.25, 0.3) is 0 Å². The van der Waals surface area contributed by atoms with Crippen LogP contribution >= 0.6 is 0 Å². The Morgan fingerprint density at radius 3 is 2.87 bits per heavy atom. The smallest absolute Gasteiger partial charge is 0.155 e. The minimum atomic E-state index is -0.390. The van der Waals surface area contributed by atoms with Crippen LogP contribution in [-0.2, 0) is 6.61 Å². The van der Waals surface area contributed by atoms with Crippen molar-refractivity contribution >= 4 is 5.84 Å². The molecule has 1 rings (SSSR count). The maximum absolute atomic E-state index is 8.94. The zero-order chi connectivity index (χ0) is 11.3. The lowest BCUT2D eigenvalue weighted by Crippen LogP contribution is -2.32. The van der Waals surface area contributed by atoms with Crippen LogP contribution in [0, 0.1) is 5.41 Å². The molecule has 0 saturated carbocycles. The van der Waals surface area contributed by atoms with E-state index in [4.69, 9.17) is 21.0 Å². The third-order valence-corrected chi connectivity index (χ3v) is 2.08. The van der Waals surface area contributed by atoms with Gasteiger partial charge in [0, 0.05) is 0 Å². The van der Waals surface area contributed by atoms with Gasteiger partial charge in [0.2, 0.25) is 0 Å².